The normalized spacial score (nSPS) is 18.8. The quantitative estimate of drug-likeness (QED) is 0.269. The molecule has 0 spiro atoms. The van der Waals surface area contributed by atoms with E-state index in [0.29, 0.717) is 10.4 Å². The van der Waals surface area contributed by atoms with Crippen LogP contribution in [-0.2, 0) is 4.79 Å². The molecule has 5 rings (SSSR count). The molecule has 1 atom stereocenters. The van der Waals surface area contributed by atoms with E-state index in [1.165, 1.54) is 10.9 Å². The molecule has 0 saturated heterocycles. The summed E-state index contributed by atoms with van der Waals surface area (Å²) in [5.74, 6) is -0.310. The zero-order chi connectivity index (χ0) is 26.3. The number of hydrogen-bond donors (Lipinski definition) is 2. The van der Waals surface area contributed by atoms with Crippen molar-refractivity contribution in [2.75, 3.05) is 0 Å². The van der Waals surface area contributed by atoms with Crippen LogP contribution < -0.4 is 4.48 Å². The number of hydrogen-bond acceptors (Lipinski definition) is 3. The number of rotatable bonds is 7. The summed E-state index contributed by atoms with van der Waals surface area (Å²) in [5, 5.41) is 16.0. The predicted octanol–water partition coefficient (Wildman–Crippen LogP) is 6.07. The molecule has 1 fully saturated rings. The van der Waals surface area contributed by atoms with Gasteiger partial charge in [-0.2, -0.15) is 0 Å². The second-order valence-corrected chi connectivity index (χ2v) is 16.1. The molecule has 0 aliphatic heterocycles. The Hall–Kier alpha value is -3.11. The van der Waals surface area contributed by atoms with E-state index in [9.17, 15) is 14.7 Å². The van der Waals surface area contributed by atoms with Gasteiger partial charge >= 0.3 is 223 Å². The summed E-state index contributed by atoms with van der Waals surface area (Å²) >= 11 is -2.38. The van der Waals surface area contributed by atoms with Gasteiger partial charge in [0.1, 0.15) is 0 Å². The number of carbonyl (C=O) groups excluding carboxylic acids is 1. The molecule has 1 aliphatic carbocycles. The third kappa shape index (κ3) is 4.92. The number of aromatic carboxylic acids is 1. The molecular weight excluding hydrogens is 525 g/mol. The Bertz CT molecular complexity index is 1440. The number of H-pyrrole nitrogens is 1. The van der Waals surface area contributed by atoms with E-state index in [-0.39, 0.29) is 20.8 Å². The van der Waals surface area contributed by atoms with Crippen molar-refractivity contribution in [1.29, 1.82) is 0 Å². The maximum atomic E-state index is 13.7. The van der Waals surface area contributed by atoms with Gasteiger partial charge in [0.2, 0.25) is 0 Å². The summed E-state index contributed by atoms with van der Waals surface area (Å²) in [6, 6.07) is 16.2. The van der Waals surface area contributed by atoms with Crippen molar-refractivity contribution >= 4 is 40.6 Å². The number of fused-ring (bicyclic) bond motifs is 1. The minimum absolute atomic E-state index is 0.0456. The molecule has 1 saturated carbocycles. The van der Waals surface area contributed by atoms with Gasteiger partial charge in [-0.15, -0.1) is 0 Å². The number of benzene rings is 2. The van der Waals surface area contributed by atoms with Crippen molar-refractivity contribution in [3.05, 3.63) is 65.9 Å². The number of carboxylic acid groups (broad SMARTS) is 1. The number of nitrogens with zero attached hydrogens (tertiary/aromatic N) is 2. The van der Waals surface area contributed by atoms with Crippen LogP contribution in [0.25, 0.3) is 27.8 Å². The minimum atomic E-state index is -2.38. The van der Waals surface area contributed by atoms with Crippen molar-refractivity contribution in [1.82, 2.24) is 14.8 Å². The molecule has 7 heteroatoms. The number of aromatic amines is 1. The fourth-order valence-electron chi connectivity index (χ4n) is 5.48. The fraction of sp³-hybridized carbons (Fsp3) is 0.367. The Morgan fingerprint density at radius 3 is 2.35 bits per heavy atom. The fourth-order valence-corrected chi connectivity index (χ4v) is 10.7. The molecule has 0 bridgehead atoms. The van der Waals surface area contributed by atoms with Gasteiger partial charge in [0.25, 0.3) is 0 Å². The molecule has 0 radical (unpaired) electrons. The van der Waals surface area contributed by atoms with Crippen molar-refractivity contribution in [3.63, 3.8) is 0 Å². The molecule has 192 valence electrons. The Kier molecular flexibility index (Phi) is 7.13. The Balaban J connectivity index is 1.48. The van der Waals surface area contributed by atoms with Crippen molar-refractivity contribution in [2.24, 2.45) is 11.8 Å². The van der Waals surface area contributed by atoms with Gasteiger partial charge in [-0.25, -0.2) is 0 Å². The summed E-state index contributed by atoms with van der Waals surface area (Å²) in [5.41, 5.74) is 5.37. The molecule has 6 nitrogen and oxygen atoms in total. The molecule has 4 aromatic rings. The third-order valence-electron chi connectivity index (χ3n) is 7.66. The zero-order valence-corrected chi connectivity index (χ0v) is 23.7. The van der Waals surface area contributed by atoms with Gasteiger partial charge in [-0.1, -0.05) is 0 Å². The van der Waals surface area contributed by atoms with E-state index in [4.69, 9.17) is 5.10 Å². The number of aryl methyl sites for hydroxylation is 1. The molecule has 1 unspecified atom stereocenters. The summed E-state index contributed by atoms with van der Waals surface area (Å²) in [4.78, 5) is 29.5. The van der Waals surface area contributed by atoms with Crippen LogP contribution >= 0.6 is 0 Å². The summed E-state index contributed by atoms with van der Waals surface area (Å²) in [7, 11) is 0. The second kappa shape index (κ2) is 10.3. The van der Waals surface area contributed by atoms with Crippen LogP contribution in [0.5, 0.6) is 0 Å². The average molecular weight is 560 g/mol. The van der Waals surface area contributed by atoms with Crippen molar-refractivity contribution in [2.45, 2.75) is 58.1 Å². The van der Waals surface area contributed by atoms with Crippen molar-refractivity contribution < 1.29 is 14.7 Å². The maximum absolute atomic E-state index is 13.7. The monoisotopic (exact) mass is 559 g/mol. The van der Waals surface area contributed by atoms with Gasteiger partial charge in [0, 0.05) is 0 Å². The first-order chi connectivity index (χ1) is 17.7. The van der Waals surface area contributed by atoms with Gasteiger partial charge < -0.3 is 0 Å². The number of carboxylic acids is 1. The number of nitrogens with one attached hydrogen (secondary N) is 1. The summed E-state index contributed by atoms with van der Waals surface area (Å²) in [6.07, 6.45) is 5.55. The molecule has 1 aliphatic rings. The number of aromatic nitrogens is 3. The van der Waals surface area contributed by atoms with E-state index in [0.717, 1.165) is 48.1 Å². The third-order valence-corrected chi connectivity index (χ3v) is 13.2. The average Bonchev–Trinajstić information content (AvgIpc) is 3.47. The summed E-state index contributed by atoms with van der Waals surface area (Å²) in [6.45, 7) is 8.45. The van der Waals surface area contributed by atoms with E-state index in [2.05, 4.69) is 31.0 Å². The topological polar surface area (TPSA) is 88.0 Å². The molecule has 0 amide bonds. The SMILES string of the molecule is Cc1c(-c2ccc(-n3cc(C(=O)O)c([As](C(=O)[C@H]4CC[C@H](C)CC4)C(C)C)n3)cc2)[nH]c2ccccc12. The first kappa shape index (κ1) is 25.5. The number of carbonyl (C=O) groups is 2. The van der Waals surface area contributed by atoms with E-state index >= 15 is 0 Å². The van der Waals surface area contributed by atoms with Crippen LogP contribution in [-0.4, -0.2) is 45.1 Å². The summed E-state index contributed by atoms with van der Waals surface area (Å²) < 4.78 is 2.55. The van der Waals surface area contributed by atoms with E-state index < -0.39 is 20.6 Å². The first-order valence-corrected chi connectivity index (χ1v) is 16.0. The molecule has 37 heavy (non-hydrogen) atoms. The number of para-hydroxylation sites is 1. The molecule has 2 aromatic carbocycles. The first-order valence-electron chi connectivity index (χ1n) is 13.1. The Morgan fingerprint density at radius 2 is 1.73 bits per heavy atom. The predicted molar refractivity (Wildman–Crippen MR) is 149 cm³/mol. The molecular formula is C30H34AsN3O3. The molecule has 2 aromatic heterocycles. The van der Waals surface area contributed by atoms with Crippen LogP contribution in [0.2, 0.25) is 4.71 Å². The van der Waals surface area contributed by atoms with Crippen LogP contribution in [0, 0.1) is 18.8 Å². The van der Waals surface area contributed by atoms with Crippen LogP contribution in [0.4, 0.5) is 0 Å². The second-order valence-electron chi connectivity index (χ2n) is 10.6. The van der Waals surface area contributed by atoms with E-state index in [1.54, 1.807) is 10.9 Å². The standard InChI is InChI=1S/C30H34AsN3O3/c1-18(2)31(29(35)22-11-9-19(3)10-12-22)28-25(30(36)37)17-34(33-28)23-15-13-21(14-16-23)27-20(4)24-7-5-6-8-26(24)32-27/h5-8,13-19,22,32H,9-12H2,1-4H3,(H,36,37)/t19-,22-,31?. The Morgan fingerprint density at radius 1 is 1.05 bits per heavy atom. The van der Waals surface area contributed by atoms with Crippen LogP contribution in [0.1, 0.15) is 62.4 Å². The molecule has 2 heterocycles. The van der Waals surface area contributed by atoms with Gasteiger partial charge in [-0.3, -0.25) is 0 Å². The van der Waals surface area contributed by atoms with E-state index in [1.807, 2.05) is 50.2 Å². The van der Waals surface area contributed by atoms with Crippen molar-refractivity contribution in [3.8, 4) is 16.9 Å². The van der Waals surface area contributed by atoms with Crippen LogP contribution in [0.15, 0.2) is 54.7 Å². The van der Waals surface area contributed by atoms with Gasteiger partial charge in [-0.05, 0) is 0 Å². The van der Waals surface area contributed by atoms with Gasteiger partial charge in [0.15, 0.2) is 0 Å². The zero-order valence-electron chi connectivity index (χ0n) is 21.9. The molecule has 2 N–H and O–H groups in total. The van der Waals surface area contributed by atoms with Gasteiger partial charge in [0.05, 0.1) is 0 Å². The van der Waals surface area contributed by atoms with Crippen LogP contribution in [0.3, 0.4) is 0 Å². The Labute approximate surface area is 222 Å².